The van der Waals surface area contributed by atoms with Crippen molar-refractivity contribution in [3.8, 4) is 0 Å². The lowest BCUT2D eigenvalue weighted by atomic mass is 10.1. The molecular formula is C17H20BrNO3S. The summed E-state index contributed by atoms with van der Waals surface area (Å²) in [6.45, 7) is 5.13. The van der Waals surface area contributed by atoms with E-state index in [9.17, 15) is 8.42 Å². The standard InChI is InChI=1S/C17H20BrNO3S/c1-3-22-12-15-7-5-4-6-14(15)11-19-23(20,21)16-8-9-17(18)13(2)10-16/h4-10,19H,3,11-12H2,1-2H3. The Labute approximate surface area is 146 Å². The maximum absolute atomic E-state index is 12.4. The second kappa shape index (κ2) is 8.06. The van der Waals surface area contributed by atoms with Gasteiger partial charge >= 0.3 is 0 Å². The second-order valence-electron chi connectivity index (χ2n) is 5.14. The first-order chi connectivity index (χ1) is 10.9. The zero-order valence-electron chi connectivity index (χ0n) is 13.2. The SMILES string of the molecule is CCOCc1ccccc1CNS(=O)(=O)c1ccc(Br)c(C)c1. The number of hydrogen-bond donors (Lipinski definition) is 1. The van der Waals surface area contributed by atoms with Gasteiger partial charge in [-0.15, -0.1) is 0 Å². The molecule has 0 aliphatic rings. The zero-order valence-corrected chi connectivity index (χ0v) is 15.6. The van der Waals surface area contributed by atoms with Crippen molar-refractivity contribution in [2.24, 2.45) is 0 Å². The summed E-state index contributed by atoms with van der Waals surface area (Å²) < 4.78 is 33.8. The van der Waals surface area contributed by atoms with E-state index in [4.69, 9.17) is 4.74 Å². The normalized spacial score (nSPS) is 11.6. The third kappa shape index (κ3) is 4.88. The van der Waals surface area contributed by atoms with E-state index in [0.717, 1.165) is 21.2 Å². The van der Waals surface area contributed by atoms with E-state index in [2.05, 4.69) is 20.7 Å². The Hall–Kier alpha value is -1.21. The minimum Gasteiger partial charge on any atom is -0.377 e. The fourth-order valence-corrected chi connectivity index (χ4v) is 3.46. The van der Waals surface area contributed by atoms with E-state index < -0.39 is 10.0 Å². The zero-order chi connectivity index (χ0) is 16.9. The number of aryl methyl sites for hydroxylation is 1. The molecule has 0 aromatic heterocycles. The van der Waals surface area contributed by atoms with E-state index in [0.29, 0.717) is 13.2 Å². The minimum atomic E-state index is -3.55. The molecule has 2 rings (SSSR count). The molecule has 0 radical (unpaired) electrons. The molecule has 0 heterocycles. The summed E-state index contributed by atoms with van der Waals surface area (Å²) in [4.78, 5) is 0.264. The van der Waals surface area contributed by atoms with Crippen LogP contribution in [-0.4, -0.2) is 15.0 Å². The largest absolute Gasteiger partial charge is 0.377 e. The lowest BCUT2D eigenvalue weighted by molar-refractivity contribution is 0.133. The molecule has 4 nitrogen and oxygen atoms in total. The lowest BCUT2D eigenvalue weighted by Gasteiger charge is -2.12. The van der Waals surface area contributed by atoms with Crippen LogP contribution in [0.5, 0.6) is 0 Å². The number of rotatable bonds is 7. The summed E-state index contributed by atoms with van der Waals surface area (Å²) in [5.74, 6) is 0. The van der Waals surface area contributed by atoms with E-state index in [1.165, 1.54) is 0 Å². The second-order valence-corrected chi connectivity index (χ2v) is 7.76. The Bertz CT molecular complexity index is 775. The molecule has 0 atom stereocenters. The molecule has 23 heavy (non-hydrogen) atoms. The molecule has 1 N–H and O–H groups in total. The van der Waals surface area contributed by atoms with Crippen molar-refractivity contribution < 1.29 is 13.2 Å². The topological polar surface area (TPSA) is 55.4 Å². The van der Waals surface area contributed by atoms with Crippen molar-refractivity contribution in [3.63, 3.8) is 0 Å². The van der Waals surface area contributed by atoms with Crippen LogP contribution in [-0.2, 0) is 27.9 Å². The van der Waals surface area contributed by atoms with Crippen LogP contribution in [0.1, 0.15) is 23.6 Å². The first-order valence-electron chi connectivity index (χ1n) is 7.34. The Morgan fingerprint density at radius 1 is 1.13 bits per heavy atom. The molecule has 0 aliphatic carbocycles. The number of nitrogens with one attached hydrogen (secondary N) is 1. The van der Waals surface area contributed by atoms with Crippen LogP contribution in [0.2, 0.25) is 0 Å². The van der Waals surface area contributed by atoms with Crippen LogP contribution < -0.4 is 4.72 Å². The van der Waals surface area contributed by atoms with Gasteiger partial charge in [-0.05, 0) is 48.7 Å². The van der Waals surface area contributed by atoms with Crippen molar-refractivity contribution in [3.05, 3.63) is 63.6 Å². The van der Waals surface area contributed by atoms with Gasteiger partial charge in [0, 0.05) is 17.6 Å². The van der Waals surface area contributed by atoms with Crippen molar-refractivity contribution in [1.29, 1.82) is 0 Å². The molecule has 0 fully saturated rings. The van der Waals surface area contributed by atoms with Crippen molar-refractivity contribution in [2.75, 3.05) is 6.61 Å². The maximum atomic E-state index is 12.4. The van der Waals surface area contributed by atoms with Gasteiger partial charge in [-0.1, -0.05) is 40.2 Å². The van der Waals surface area contributed by atoms with Crippen LogP contribution >= 0.6 is 15.9 Å². The molecule has 0 bridgehead atoms. The Morgan fingerprint density at radius 2 is 1.83 bits per heavy atom. The summed E-state index contributed by atoms with van der Waals surface area (Å²) in [7, 11) is -3.55. The van der Waals surface area contributed by atoms with Gasteiger partial charge in [0.15, 0.2) is 0 Å². The number of hydrogen-bond acceptors (Lipinski definition) is 3. The number of sulfonamides is 1. The highest BCUT2D eigenvalue weighted by molar-refractivity contribution is 9.10. The Balaban J connectivity index is 2.14. The molecule has 2 aromatic rings. The van der Waals surface area contributed by atoms with Gasteiger partial charge in [-0.3, -0.25) is 0 Å². The van der Waals surface area contributed by atoms with Crippen LogP contribution in [0.15, 0.2) is 51.8 Å². The Kier molecular flexibility index (Phi) is 6.35. The fourth-order valence-electron chi connectivity index (χ4n) is 2.12. The van der Waals surface area contributed by atoms with Gasteiger partial charge in [0.2, 0.25) is 10.0 Å². The Morgan fingerprint density at radius 3 is 2.48 bits per heavy atom. The molecule has 124 valence electrons. The van der Waals surface area contributed by atoms with Crippen LogP contribution in [0, 0.1) is 6.92 Å². The van der Waals surface area contributed by atoms with E-state index in [1.807, 2.05) is 38.1 Å². The number of benzene rings is 2. The fraction of sp³-hybridized carbons (Fsp3) is 0.294. The van der Waals surface area contributed by atoms with Gasteiger partial charge in [0.25, 0.3) is 0 Å². The molecule has 2 aromatic carbocycles. The van der Waals surface area contributed by atoms with Crippen LogP contribution in [0.4, 0.5) is 0 Å². The smallest absolute Gasteiger partial charge is 0.240 e. The minimum absolute atomic E-state index is 0.237. The van der Waals surface area contributed by atoms with Gasteiger partial charge < -0.3 is 4.74 Å². The number of ether oxygens (including phenoxy) is 1. The van der Waals surface area contributed by atoms with Crippen molar-refractivity contribution >= 4 is 26.0 Å². The predicted octanol–water partition coefficient (Wildman–Crippen LogP) is 3.77. The molecule has 0 spiro atoms. The summed E-state index contributed by atoms with van der Waals surface area (Å²) in [6, 6.07) is 12.6. The third-order valence-electron chi connectivity index (χ3n) is 3.47. The van der Waals surface area contributed by atoms with E-state index >= 15 is 0 Å². The van der Waals surface area contributed by atoms with Gasteiger partial charge in [-0.2, -0.15) is 0 Å². The van der Waals surface area contributed by atoms with Crippen LogP contribution in [0.3, 0.4) is 0 Å². The highest BCUT2D eigenvalue weighted by Gasteiger charge is 2.15. The summed E-state index contributed by atoms with van der Waals surface area (Å²) in [6.07, 6.45) is 0. The lowest BCUT2D eigenvalue weighted by Crippen LogP contribution is -2.24. The first-order valence-corrected chi connectivity index (χ1v) is 9.62. The predicted molar refractivity (Wildman–Crippen MR) is 94.7 cm³/mol. The summed E-state index contributed by atoms with van der Waals surface area (Å²) >= 11 is 3.38. The van der Waals surface area contributed by atoms with Crippen molar-refractivity contribution in [2.45, 2.75) is 31.9 Å². The number of halogens is 1. The molecule has 0 aliphatic heterocycles. The quantitative estimate of drug-likeness (QED) is 0.773. The summed E-state index contributed by atoms with van der Waals surface area (Å²) in [5, 5.41) is 0. The molecule has 0 saturated carbocycles. The highest BCUT2D eigenvalue weighted by Crippen LogP contribution is 2.20. The third-order valence-corrected chi connectivity index (χ3v) is 5.76. The molecular weight excluding hydrogens is 378 g/mol. The van der Waals surface area contributed by atoms with Gasteiger partial charge in [-0.25, -0.2) is 13.1 Å². The maximum Gasteiger partial charge on any atom is 0.240 e. The average molecular weight is 398 g/mol. The van der Waals surface area contributed by atoms with E-state index in [-0.39, 0.29) is 11.4 Å². The molecule has 0 amide bonds. The van der Waals surface area contributed by atoms with Gasteiger partial charge in [0.05, 0.1) is 11.5 Å². The van der Waals surface area contributed by atoms with Crippen molar-refractivity contribution in [1.82, 2.24) is 4.72 Å². The average Bonchev–Trinajstić information content (AvgIpc) is 2.54. The highest BCUT2D eigenvalue weighted by atomic mass is 79.9. The van der Waals surface area contributed by atoms with Gasteiger partial charge in [0.1, 0.15) is 0 Å². The first kappa shape index (κ1) is 18.1. The van der Waals surface area contributed by atoms with Crippen LogP contribution in [0.25, 0.3) is 0 Å². The molecule has 6 heteroatoms. The monoisotopic (exact) mass is 397 g/mol. The molecule has 0 unspecified atom stereocenters. The van der Waals surface area contributed by atoms with E-state index in [1.54, 1.807) is 18.2 Å². The molecule has 0 saturated heterocycles. The summed E-state index contributed by atoms with van der Waals surface area (Å²) in [5.41, 5.74) is 2.78.